The van der Waals surface area contributed by atoms with Gasteiger partial charge in [0.1, 0.15) is 6.04 Å². The predicted molar refractivity (Wildman–Crippen MR) is 90.4 cm³/mol. The molecule has 21 heavy (non-hydrogen) atoms. The molecule has 0 heterocycles. The number of hydrogen-bond donors (Lipinski definition) is 2. The van der Waals surface area contributed by atoms with E-state index in [0.717, 1.165) is 31.6 Å². The topological polar surface area (TPSA) is 58.4 Å². The van der Waals surface area contributed by atoms with Crippen molar-refractivity contribution in [3.8, 4) is 0 Å². The maximum absolute atomic E-state index is 12.3. The van der Waals surface area contributed by atoms with Gasteiger partial charge in [-0.2, -0.15) is 0 Å². The average Bonchev–Trinajstić information content (AvgIpc) is 2.44. The number of hydrogen-bond acceptors (Lipinski definition) is 3. The molecule has 0 bridgehead atoms. The van der Waals surface area contributed by atoms with E-state index in [4.69, 9.17) is 5.73 Å². The number of nitrogens with one attached hydrogen (secondary N) is 1. The Morgan fingerprint density at radius 3 is 2.52 bits per heavy atom. The van der Waals surface area contributed by atoms with Crippen LogP contribution < -0.4 is 16.0 Å². The van der Waals surface area contributed by atoms with E-state index in [0.29, 0.717) is 11.6 Å². The predicted octanol–water partition coefficient (Wildman–Crippen LogP) is 3.04. The second kappa shape index (κ2) is 8.55. The van der Waals surface area contributed by atoms with Gasteiger partial charge in [-0.25, -0.2) is 0 Å². The van der Waals surface area contributed by atoms with Gasteiger partial charge in [-0.05, 0) is 37.8 Å². The maximum atomic E-state index is 12.3. The molecular weight excluding hydrogens is 262 g/mol. The zero-order chi connectivity index (χ0) is 15.8. The van der Waals surface area contributed by atoms with Crippen LogP contribution in [0.2, 0.25) is 0 Å². The van der Waals surface area contributed by atoms with Crippen LogP contribution in [-0.4, -0.2) is 25.0 Å². The maximum Gasteiger partial charge on any atom is 0.242 e. The van der Waals surface area contributed by atoms with Crippen LogP contribution in [0.15, 0.2) is 24.3 Å². The van der Waals surface area contributed by atoms with Crippen molar-refractivity contribution in [1.29, 1.82) is 0 Å². The molecule has 4 nitrogen and oxygen atoms in total. The molecule has 1 aromatic carbocycles. The molecule has 1 unspecified atom stereocenters. The Bertz CT molecular complexity index is 445. The minimum Gasteiger partial charge on any atom is -0.397 e. The molecule has 0 saturated heterocycles. The van der Waals surface area contributed by atoms with Crippen LogP contribution in [0.4, 0.5) is 11.4 Å². The van der Waals surface area contributed by atoms with E-state index in [1.54, 1.807) is 0 Å². The SMILES string of the molecule is CCCN(c1ccccc1N)C(C)C(=O)NCCC(C)C. The number of nitrogens with two attached hydrogens (primary N) is 1. The molecule has 0 aromatic heterocycles. The molecular formula is C17H29N3O. The summed E-state index contributed by atoms with van der Waals surface area (Å²) in [7, 11) is 0. The minimum absolute atomic E-state index is 0.0624. The molecule has 0 radical (unpaired) electrons. The second-order valence-electron chi connectivity index (χ2n) is 5.90. The second-order valence-corrected chi connectivity index (χ2v) is 5.90. The smallest absolute Gasteiger partial charge is 0.242 e. The van der Waals surface area contributed by atoms with Gasteiger partial charge in [0.2, 0.25) is 5.91 Å². The van der Waals surface area contributed by atoms with Crippen molar-refractivity contribution in [2.75, 3.05) is 23.7 Å². The molecule has 0 spiro atoms. The van der Waals surface area contributed by atoms with Crippen molar-refractivity contribution < 1.29 is 4.79 Å². The molecule has 0 fully saturated rings. The fraction of sp³-hybridized carbons (Fsp3) is 0.588. The lowest BCUT2D eigenvalue weighted by Gasteiger charge is -2.31. The van der Waals surface area contributed by atoms with Crippen molar-refractivity contribution in [3.63, 3.8) is 0 Å². The van der Waals surface area contributed by atoms with Crippen LogP contribution in [0.25, 0.3) is 0 Å². The van der Waals surface area contributed by atoms with Gasteiger partial charge in [-0.1, -0.05) is 32.9 Å². The Morgan fingerprint density at radius 2 is 1.95 bits per heavy atom. The molecule has 0 aliphatic rings. The summed E-state index contributed by atoms with van der Waals surface area (Å²) in [6, 6.07) is 7.50. The summed E-state index contributed by atoms with van der Waals surface area (Å²) in [6.07, 6.45) is 1.97. The van der Waals surface area contributed by atoms with Gasteiger partial charge in [-0.3, -0.25) is 4.79 Å². The highest BCUT2D eigenvalue weighted by atomic mass is 16.2. The summed E-state index contributed by atoms with van der Waals surface area (Å²) in [5.74, 6) is 0.657. The molecule has 118 valence electrons. The lowest BCUT2D eigenvalue weighted by Crippen LogP contribution is -2.46. The number of rotatable bonds is 8. The number of benzene rings is 1. The molecule has 4 heteroatoms. The van der Waals surface area contributed by atoms with Gasteiger partial charge in [0, 0.05) is 13.1 Å². The number of carbonyl (C=O) groups excluding carboxylic acids is 1. The van der Waals surface area contributed by atoms with E-state index in [-0.39, 0.29) is 11.9 Å². The number of anilines is 2. The van der Waals surface area contributed by atoms with Crippen molar-refractivity contribution >= 4 is 17.3 Å². The molecule has 3 N–H and O–H groups in total. The largest absolute Gasteiger partial charge is 0.397 e. The number of carbonyl (C=O) groups is 1. The number of para-hydroxylation sites is 2. The fourth-order valence-corrected chi connectivity index (χ4v) is 2.29. The Labute approximate surface area is 128 Å². The van der Waals surface area contributed by atoms with Crippen LogP contribution in [0.1, 0.15) is 40.5 Å². The monoisotopic (exact) mass is 291 g/mol. The van der Waals surface area contributed by atoms with Crippen molar-refractivity contribution in [2.24, 2.45) is 5.92 Å². The van der Waals surface area contributed by atoms with E-state index in [1.165, 1.54) is 0 Å². The minimum atomic E-state index is -0.221. The third kappa shape index (κ3) is 5.29. The van der Waals surface area contributed by atoms with Gasteiger partial charge in [-0.15, -0.1) is 0 Å². The highest BCUT2D eigenvalue weighted by Crippen LogP contribution is 2.24. The van der Waals surface area contributed by atoms with Crippen LogP contribution in [0.3, 0.4) is 0 Å². The highest BCUT2D eigenvalue weighted by Gasteiger charge is 2.22. The van der Waals surface area contributed by atoms with Crippen molar-refractivity contribution in [2.45, 2.75) is 46.6 Å². The van der Waals surface area contributed by atoms with Crippen molar-refractivity contribution in [1.82, 2.24) is 5.32 Å². The van der Waals surface area contributed by atoms with E-state index in [2.05, 4.69) is 31.0 Å². The quantitative estimate of drug-likeness (QED) is 0.724. The zero-order valence-electron chi connectivity index (χ0n) is 13.7. The zero-order valence-corrected chi connectivity index (χ0v) is 13.7. The average molecular weight is 291 g/mol. The highest BCUT2D eigenvalue weighted by molar-refractivity contribution is 5.86. The first-order valence-electron chi connectivity index (χ1n) is 7.86. The van der Waals surface area contributed by atoms with Crippen molar-refractivity contribution in [3.05, 3.63) is 24.3 Å². The molecule has 0 aliphatic carbocycles. The van der Waals surface area contributed by atoms with Gasteiger partial charge >= 0.3 is 0 Å². The molecule has 1 amide bonds. The van der Waals surface area contributed by atoms with Crippen LogP contribution in [-0.2, 0) is 4.79 Å². The van der Waals surface area contributed by atoms with E-state index in [1.807, 2.05) is 31.2 Å². The molecule has 1 atom stereocenters. The molecule has 0 aliphatic heterocycles. The summed E-state index contributed by atoms with van der Waals surface area (Å²) >= 11 is 0. The standard InChI is InChI=1S/C17H29N3O/c1-5-12-20(16-9-7-6-8-15(16)18)14(4)17(21)19-11-10-13(2)3/h6-9,13-14H,5,10-12,18H2,1-4H3,(H,19,21). The van der Waals surface area contributed by atoms with Gasteiger partial charge in [0.05, 0.1) is 11.4 Å². The Balaban J connectivity index is 2.76. The van der Waals surface area contributed by atoms with Crippen LogP contribution in [0.5, 0.6) is 0 Å². The van der Waals surface area contributed by atoms with E-state index in [9.17, 15) is 4.79 Å². The number of nitrogen functional groups attached to an aromatic ring is 1. The van der Waals surface area contributed by atoms with Gasteiger partial charge in [0.15, 0.2) is 0 Å². The Kier molecular flexibility index (Phi) is 7.06. The molecule has 1 aromatic rings. The molecule has 1 rings (SSSR count). The number of nitrogens with zero attached hydrogens (tertiary/aromatic N) is 1. The lowest BCUT2D eigenvalue weighted by atomic mass is 10.1. The summed E-state index contributed by atoms with van der Waals surface area (Å²) in [6.45, 7) is 9.90. The summed E-state index contributed by atoms with van der Waals surface area (Å²) < 4.78 is 0. The lowest BCUT2D eigenvalue weighted by molar-refractivity contribution is -0.122. The van der Waals surface area contributed by atoms with Crippen LogP contribution >= 0.6 is 0 Å². The fourth-order valence-electron chi connectivity index (χ4n) is 2.29. The van der Waals surface area contributed by atoms with E-state index < -0.39 is 0 Å². The van der Waals surface area contributed by atoms with Gasteiger partial charge in [0.25, 0.3) is 0 Å². The summed E-state index contributed by atoms with van der Waals surface area (Å²) in [5.41, 5.74) is 7.71. The summed E-state index contributed by atoms with van der Waals surface area (Å²) in [4.78, 5) is 14.4. The Morgan fingerprint density at radius 1 is 1.29 bits per heavy atom. The first-order valence-corrected chi connectivity index (χ1v) is 7.86. The Hall–Kier alpha value is -1.71. The molecule has 0 saturated carbocycles. The normalized spacial score (nSPS) is 12.2. The first-order chi connectivity index (χ1) is 9.97. The first kappa shape index (κ1) is 17.3. The van der Waals surface area contributed by atoms with Crippen LogP contribution in [0, 0.1) is 5.92 Å². The third-order valence-corrected chi connectivity index (χ3v) is 3.58. The number of amides is 1. The van der Waals surface area contributed by atoms with E-state index >= 15 is 0 Å². The summed E-state index contributed by atoms with van der Waals surface area (Å²) in [5, 5.41) is 3.02. The third-order valence-electron chi connectivity index (χ3n) is 3.58. The van der Waals surface area contributed by atoms with Gasteiger partial charge < -0.3 is 16.0 Å².